The smallest absolute Gasteiger partial charge is 0.0546 e. The van der Waals surface area contributed by atoms with E-state index in [1.807, 2.05) is 0 Å². The van der Waals surface area contributed by atoms with E-state index in [0.717, 1.165) is 31.7 Å². The van der Waals surface area contributed by atoms with Crippen molar-refractivity contribution in [3.63, 3.8) is 0 Å². The molecular weight excluding hydrogens is 212 g/mol. The largest absolute Gasteiger partial charge is 0.381 e. The zero-order valence-electron chi connectivity index (χ0n) is 10.9. The highest BCUT2D eigenvalue weighted by Gasteiger charge is 2.40. The van der Waals surface area contributed by atoms with E-state index in [0.29, 0.717) is 0 Å². The summed E-state index contributed by atoms with van der Waals surface area (Å²) >= 11 is 0. The van der Waals surface area contributed by atoms with E-state index < -0.39 is 0 Å². The average Bonchev–Trinajstić information content (AvgIpc) is 3.22. The van der Waals surface area contributed by atoms with Crippen LogP contribution in [0.2, 0.25) is 0 Å². The van der Waals surface area contributed by atoms with Crippen LogP contribution in [0.15, 0.2) is 0 Å². The first-order valence-corrected chi connectivity index (χ1v) is 7.33. The molecule has 0 aromatic carbocycles. The minimum atomic E-state index is 0.260. The van der Waals surface area contributed by atoms with Crippen molar-refractivity contribution in [3.8, 4) is 0 Å². The first kappa shape index (κ1) is 11.9. The Morgan fingerprint density at radius 1 is 1.24 bits per heavy atom. The van der Waals surface area contributed by atoms with Gasteiger partial charge in [-0.15, -0.1) is 0 Å². The molecule has 1 unspecified atom stereocenters. The van der Waals surface area contributed by atoms with Gasteiger partial charge in [0, 0.05) is 37.7 Å². The highest BCUT2D eigenvalue weighted by atomic mass is 16.5. The van der Waals surface area contributed by atoms with Gasteiger partial charge in [-0.05, 0) is 44.4 Å². The minimum absolute atomic E-state index is 0.260. The summed E-state index contributed by atoms with van der Waals surface area (Å²) in [6.07, 6.45) is 8.18. The molecule has 1 heterocycles. The lowest BCUT2D eigenvalue weighted by molar-refractivity contribution is -0.0239. The molecule has 3 aliphatic rings. The zero-order valence-corrected chi connectivity index (χ0v) is 10.9. The van der Waals surface area contributed by atoms with Crippen LogP contribution < -0.4 is 5.73 Å². The van der Waals surface area contributed by atoms with Crippen molar-refractivity contribution >= 4 is 0 Å². The minimum Gasteiger partial charge on any atom is -0.381 e. The Kier molecular flexibility index (Phi) is 3.42. The molecule has 2 N–H and O–H groups in total. The molecule has 0 aromatic rings. The van der Waals surface area contributed by atoms with E-state index in [1.165, 1.54) is 51.6 Å². The molecular formula is C14H26N2O. The molecule has 0 radical (unpaired) electrons. The van der Waals surface area contributed by atoms with Crippen LogP contribution in [0.1, 0.15) is 38.5 Å². The molecule has 1 atom stereocenters. The third-order valence-corrected chi connectivity index (χ3v) is 4.63. The molecule has 3 fully saturated rings. The van der Waals surface area contributed by atoms with Crippen LogP contribution in [-0.4, -0.2) is 43.8 Å². The molecule has 0 spiro atoms. The Hall–Kier alpha value is -0.120. The highest BCUT2D eigenvalue weighted by Crippen LogP contribution is 2.38. The summed E-state index contributed by atoms with van der Waals surface area (Å²) in [4.78, 5) is 2.74. The molecule has 2 saturated carbocycles. The molecule has 2 aliphatic carbocycles. The van der Waals surface area contributed by atoms with E-state index in [1.54, 1.807) is 0 Å². The summed E-state index contributed by atoms with van der Waals surface area (Å²) in [5, 5.41) is 0. The van der Waals surface area contributed by atoms with Crippen LogP contribution in [0.4, 0.5) is 0 Å². The van der Waals surface area contributed by atoms with Crippen molar-refractivity contribution in [2.75, 3.05) is 32.8 Å². The van der Waals surface area contributed by atoms with Crippen LogP contribution in [0, 0.1) is 11.3 Å². The summed E-state index contributed by atoms with van der Waals surface area (Å²) in [6, 6.07) is 0.876. The van der Waals surface area contributed by atoms with Gasteiger partial charge in [0.15, 0.2) is 0 Å². The van der Waals surface area contributed by atoms with Crippen LogP contribution >= 0.6 is 0 Å². The van der Waals surface area contributed by atoms with E-state index >= 15 is 0 Å². The molecule has 0 aromatic heterocycles. The number of hydrogen-bond acceptors (Lipinski definition) is 3. The Labute approximate surface area is 105 Å². The highest BCUT2D eigenvalue weighted by molar-refractivity contribution is 4.94. The Morgan fingerprint density at radius 2 is 2.06 bits per heavy atom. The molecule has 98 valence electrons. The second kappa shape index (κ2) is 4.87. The molecule has 1 aliphatic heterocycles. The Morgan fingerprint density at radius 3 is 2.59 bits per heavy atom. The number of nitrogens with zero attached hydrogens (tertiary/aromatic N) is 1. The van der Waals surface area contributed by atoms with Gasteiger partial charge < -0.3 is 10.5 Å². The number of rotatable bonds is 6. The van der Waals surface area contributed by atoms with E-state index in [4.69, 9.17) is 10.5 Å². The first-order valence-electron chi connectivity index (χ1n) is 7.33. The second-order valence-corrected chi connectivity index (χ2v) is 6.46. The van der Waals surface area contributed by atoms with E-state index in [2.05, 4.69) is 4.90 Å². The fraction of sp³-hybridized carbons (Fsp3) is 1.00. The lowest BCUT2D eigenvalue weighted by Gasteiger charge is -2.40. The van der Waals surface area contributed by atoms with Gasteiger partial charge in [0.05, 0.1) is 6.61 Å². The molecule has 3 nitrogen and oxygen atoms in total. The van der Waals surface area contributed by atoms with Crippen LogP contribution in [-0.2, 0) is 4.74 Å². The Balaban J connectivity index is 1.60. The second-order valence-electron chi connectivity index (χ2n) is 6.46. The number of nitrogens with two attached hydrogens (primary N) is 1. The summed E-state index contributed by atoms with van der Waals surface area (Å²) in [7, 11) is 0. The predicted molar refractivity (Wildman–Crippen MR) is 68.9 cm³/mol. The summed E-state index contributed by atoms with van der Waals surface area (Å²) in [5.41, 5.74) is 6.31. The van der Waals surface area contributed by atoms with Crippen molar-refractivity contribution in [2.24, 2.45) is 17.1 Å². The van der Waals surface area contributed by atoms with E-state index in [9.17, 15) is 0 Å². The maximum atomic E-state index is 6.05. The van der Waals surface area contributed by atoms with Crippen molar-refractivity contribution in [3.05, 3.63) is 0 Å². The topological polar surface area (TPSA) is 38.5 Å². The third kappa shape index (κ3) is 3.01. The van der Waals surface area contributed by atoms with Gasteiger partial charge in [-0.1, -0.05) is 0 Å². The van der Waals surface area contributed by atoms with Crippen LogP contribution in [0.5, 0.6) is 0 Å². The standard InChI is InChI=1S/C14H26N2O/c15-9-14(6-1-7-17-11-14)10-16(13-4-5-13)8-12-2-3-12/h12-13H,1-11,15H2. The molecule has 3 heteroatoms. The lowest BCUT2D eigenvalue weighted by atomic mass is 9.82. The predicted octanol–water partition coefficient (Wildman–Crippen LogP) is 1.62. The SMILES string of the molecule is NCC1(CN(CC2CC2)C2CC2)CCCOC1. The first-order chi connectivity index (χ1) is 8.31. The summed E-state index contributed by atoms with van der Waals surface area (Å²) in [5.74, 6) is 0.995. The van der Waals surface area contributed by atoms with Crippen molar-refractivity contribution in [2.45, 2.75) is 44.6 Å². The monoisotopic (exact) mass is 238 g/mol. The van der Waals surface area contributed by atoms with Gasteiger partial charge >= 0.3 is 0 Å². The fourth-order valence-corrected chi connectivity index (χ4v) is 3.11. The number of ether oxygens (including phenoxy) is 1. The third-order valence-electron chi connectivity index (χ3n) is 4.63. The van der Waals surface area contributed by atoms with Crippen molar-refractivity contribution < 1.29 is 4.74 Å². The summed E-state index contributed by atoms with van der Waals surface area (Å²) < 4.78 is 5.69. The average molecular weight is 238 g/mol. The van der Waals surface area contributed by atoms with Gasteiger partial charge in [0.1, 0.15) is 0 Å². The maximum absolute atomic E-state index is 6.05. The number of hydrogen-bond donors (Lipinski definition) is 1. The maximum Gasteiger partial charge on any atom is 0.0546 e. The van der Waals surface area contributed by atoms with Crippen molar-refractivity contribution in [1.29, 1.82) is 0 Å². The van der Waals surface area contributed by atoms with Gasteiger partial charge in [-0.25, -0.2) is 0 Å². The molecule has 1 saturated heterocycles. The molecule has 17 heavy (non-hydrogen) atoms. The lowest BCUT2D eigenvalue weighted by Crippen LogP contribution is -2.48. The Bertz CT molecular complexity index is 255. The normalized spacial score (nSPS) is 34.2. The van der Waals surface area contributed by atoms with Gasteiger partial charge in [0.2, 0.25) is 0 Å². The van der Waals surface area contributed by atoms with Gasteiger partial charge in [0.25, 0.3) is 0 Å². The molecule has 0 bridgehead atoms. The fourth-order valence-electron chi connectivity index (χ4n) is 3.11. The quantitative estimate of drug-likeness (QED) is 0.764. The zero-order chi connectivity index (χ0) is 11.7. The summed E-state index contributed by atoms with van der Waals surface area (Å²) in [6.45, 7) is 5.13. The molecule has 0 amide bonds. The van der Waals surface area contributed by atoms with Crippen LogP contribution in [0.25, 0.3) is 0 Å². The van der Waals surface area contributed by atoms with E-state index in [-0.39, 0.29) is 5.41 Å². The van der Waals surface area contributed by atoms with Gasteiger partial charge in [-0.2, -0.15) is 0 Å². The van der Waals surface area contributed by atoms with Crippen molar-refractivity contribution in [1.82, 2.24) is 4.90 Å². The molecule has 3 rings (SSSR count). The van der Waals surface area contributed by atoms with Crippen LogP contribution in [0.3, 0.4) is 0 Å². The van der Waals surface area contributed by atoms with Gasteiger partial charge in [-0.3, -0.25) is 4.90 Å².